The number of nitrogens with one attached hydrogen (secondary N) is 1. The molecule has 2 amide bonds. The minimum absolute atomic E-state index is 0.0163. The van der Waals surface area contributed by atoms with E-state index < -0.39 is 0 Å². The Bertz CT molecular complexity index is 643. The molecule has 2 aliphatic heterocycles. The quantitative estimate of drug-likeness (QED) is 0.858. The van der Waals surface area contributed by atoms with E-state index in [0.29, 0.717) is 48.5 Å². The highest BCUT2D eigenvalue weighted by Crippen LogP contribution is 2.23. The number of halogens is 1. The minimum atomic E-state index is 0.0163. The normalized spacial score (nSPS) is 22.2. The maximum Gasteiger partial charge on any atom is 0.253 e. The molecule has 2 atom stereocenters. The van der Waals surface area contributed by atoms with Crippen LogP contribution in [-0.4, -0.2) is 60.9 Å². The molecule has 148 valence electrons. The van der Waals surface area contributed by atoms with E-state index in [0.717, 1.165) is 26.1 Å². The zero-order valence-electron chi connectivity index (χ0n) is 16.1. The Morgan fingerprint density at radius 1 is 1.11 bits per heavy atom. The highest BCUT2D eigenvalue weighted by Gasteiger charge is 2.26. The maximum atomic E-state index is 12.8. The molecule has 1 aromatic rings. The fourth-order valence-corrected chi connectivity index (χ4v) is 4.21. The lowest BCUT2D eigenvalue weighted by Gasteiger charge is -2.30. The number of hydrogen-bond donors (Lipinski definition) is 1. The first-order valence-electron chi connectivity index (χ1n) is 10.1. The van der Waals surface area contributed by atoms with E-state index in [9.17, 15) is 9.59 Å². The number of carbonyl (C=O) groups excluding carboxylic acids is 2. The van der Waals surface area contributed by atoms with Gasteiger partial charge in [0.2, 0.25) is 5.91 Å². The first-order valence-corrected chi connectivity index (χ1v) is 10.5. The molecule has 3 rings (SSSR count). The predicted molar refractivity (Wildman–Crippen MR) is 108 cm³/mol. The molecule has 1 aromatic carbocycles. The van der Waals surface area contributed by atoms with E-state index in [1.807, 2.05) is 9.80 Å². The standard InChI is InChI=1S/C21H30ClN3O2/c1-16(18-4-2-9-23-15-18)14-20(26)24-10-3-11-25(13-12-24)21(27)17-5-7-19(22)8-6-17/h5-8,16,18,23H,2-4,9-15H2,1H3. The number of nitrogens with zero attached hydrogens (tertiary/aromatic N) is 2. The van der Waals surface area contributed by atoms with Gasteiger partial charge in [-0.3, -0.25) is 9.59 Å². The molecule has 0 bridgehead atoms. The number of piperidine rings is 1. The summed E-state index contributed by atoms with van der Waals surface area (Å²) in [5.41, 5.74) is 0.651. The topological polar surface area (TPSA) is 52.7 Å². The van der Waals surface area contributed by atoms with Gasteiger partial charge >= 0.3 is 0 Å². The van der Waals surface area contributed by atoms with E-state index in [2.05, 4.69) is 12.2 Å². The van der Waals surface area contributed by atoms with Gasteiger partial charge in [-0.2, -0.15) is 0 Å². The van der Waals surface area contributed by atoms with Crippen molar-refractivity contribution in [3.05, 3.63) is 34.9 Å². The van der Waals surface area contributed by atoms with Crippen LogP contribution in [0, 0.1) is 11.8 Å². The monoisotopic (exact) mass is 391 g/mol. The van der Waals surface area contributed by atoms with Crippen LogP contribution in [0.5, 0.6) is 0 Å². The van der Waals surface area contributed by atoms with Gasteiger partial charge in [0.1, 0.15) is 0 Å². The van der Waals surface area contributed by atoms with Crippen molar-refractivity contribution in [1.82, 2.24) is 15.1 Å². The number of carbonyl (C=O) groups is 2. The van der Waals surface area contributed by atoms with Crippen LogP contribution in [0.25, 0.3) is 0 Å². The largest absolute Gasteiger partial charge is 0.341 e. The van der Waals surface area contributed by atoms with Crippen molar-refractivity contribution >= 4 is 23.4 Å². The van der Waals surface area contributed by atoms with Gasteiger partial charge < -0.3 is 15.1 Å². The molecule has 27 heavy (non-hydrogen) atoms. The van der Waals surface area contributed by atoms with Crippen molar-refractivity contribution < 1.29 is 9.59 Å². The van der Waals surface area contributed by atoms with Crippen LogP contribution in [0.1, 0.15) is 43.0 Å². The van der Waals surface area contributed by atoms with E-state index in [1.54, 1.807) is 24.3 Å². The third kappa shape index (κ3) is 5.45. The minimum Gasteiger partial charge on any atom is -0.341 e. The maximum absolute atomic E-state index is 12.8. The molecule has 2 unspecified atom stereocenters. The summed E-state index contributed by atoms with van der Waals surface area (Å²) >= 11 is 5.91. The van der Waals surface area contributed by atoms with Crippen molar-refractivity contribution in [2.75, 3.05) is 39.3 Å². The van der Waals surface area contributed by atoms with Crippen LogP contribution < -0.4 is 5.32 Å². The summed E-state index contributed by atoms with van der Waals surface area (Å²) < 4.78 is 0. The lowest BCUT2D eigenvalue weighted by molar-refractivity contribution is -0.132. The molecule has 0 aromatic heterocycles. The predicted octanol–water partition coefficient (Wildman–Crippen LogP) is 3.04. The molecular formula is C21H30ClN3O2. The zero-order chi connectivity index (χ0) is 19.2. The van der Waals surface area contributed by atoms with Crippen LogP contribution in [0.4, 0.5) is 0 Å². The summed E-state index contributed by atoms with van der Waals surface area (Å²) in [6.45, 7) is 6.95. The fourth-order valence-electron chi connectivity index (χ4n) is 4.08. The molecular weight excluding hydrogens is 362 g/mol. The second-order valence-electron chi connectivity index (χ2n) is 7.82. The Kier molecular flexibility index (Phi) is 7.13. The Hall–Kier alpha value is -1.59. The number of hydrogen-bond acceptors (Lipinski definition) is 3. The van der Waals surface area contributed by atoms with Gasteiger partial charge in [-0.25, -0.2) is 0 Å². The summed E-state index contributed by atoms with van der Waals surface area (Å²) in [7, 11) is 0. The van der Waals surface area contributed by atoms with Crippen LogP contribution in [0.2, 0.25) is 5.02 Å². The Balaban J connectivity index is 1.52. The number of amides is 2. The molecule has 6 heteroatoms. The Morgan fingerprint density at radius 2 is 1.81 bits per heavy atom. The van der Waals surface area contributed by atoms with Crippen molar-refractivity contribution in [2.24, 2.45) is 11.8 Å². The highest BCUT2D eigenvalue weighted by molar-refractivity contribution is 6.30. The molecule has 0 aliphatic carbocycles. The third-order valence-electron chi connectivity index (χ3n) is 5.86. The Labute approximate surface area is 167 Å². The van der Waals surface area contributed by atoms with Gasteiger partial charge in [0.15, 0.2) is 0 Å². The van der Waals surface area contributed by atoms with Gasteiger partial charge in [0.25, 0.3) is 5.91 Å². The molecule has 2 heterocycles. The first kappa shape index (κ1) is 20.2. The smallest absolute Gasteiger partial charge is 0.253 e. The summed E-state index contributed by atoms with van der Waals surface area (Å²) in [5, 5.41) is 4.06. The first-order chi connectivity index (χ1) is 13.0. The molecule has 0 radical (unpaired) electrons. The Morgan fingerprint density at radius 3 is 2.52 bits per heavy atom. The average Bonchev–Trinajstić information content (AvgIpc) is 2.95. The highest BCUT2D eigenvalue weighted by atomic mass is 35.5. The van der Waals surface area contributed by atoms with Gasteiger partial charge in [0.05, 0.1) is 0 Å². The van der Waals surface area contributed by atoms with Gasteiger partial charge in [-0.1, -0.05) is 18.5 Å². The fraction of sp³-hybridized carbons (Fsp3) is 0.619. The van der Waals surface area contributed by atoms with Crippen LogP contribution in [0.15, 0.2) is 24.3 Å². The van der Waals surface area contributed by atoms with Crippen LogP contribution >= 0.6 is 11.6 Å². The van der Waals surface area contributed by atoms with E-state index in [-0.39, 0.29) is 11.8 Å². The van der Waals surface area contributed by atoms with E-state index >= 15 is 0 Å². The average molecular weight is 392 g/mol. The van der Waals surface area contributed by atoms with Gasteiger partial charge in [0, 0.05) is 43.2 Å². The lowest BCUT2D eigenvalue weighted by atomic mass is 9.85. The summed E-state index contributed by atoms with van der Waals surface area (Å²) in [6, 6.07) is 7.00. The van der Waals surface area contributed by atoms with Gasteiger partial charge in [-0.05, 0) is 68.5 Å². The second kappa shape index (κ2) is 9.56. The SMILES string of the molecule is CC(CC(=O)N1CCCN(C(=O)c2ccc(Cl)cc2)CC1)C1CCCNC1. The molecule has 1 N–H and O–H groups in total. The summed E-state index contributed by atoms with van der Waals surface area (Å²) in [4.78, 5) is 29.3. The lowest BCUT2D eigenvalue weighted by Crippen LogP contribution is -2.39. The van der Waals surface area contributed by atoms with Crippen molar-refractivity contribution in [2.45, 2.75) is 32.6 Å². The molecule has 0 saturated carbocycles. The molecule has 2 saturated heterocycles. The van der Waals surface area contributed by atoms with Crippen molar-refractivity contribution in [3.8, 4) is 0 Å². The number of rotatable bonds is 4. The van der Waals surface area contributed by atoms with Crippen LogP contribution in [0.3, 0.4) is 0 Å². The van der Waals surface area contributed by atoms with Crippen molar-refractivity contribution in [1.29, 1.82) is 0 Å². The molecule has 0 spiro atoms. The summed E-state index contributed by atoms with van der Waals surface area (Å²) in [6.07, 6.45) is 3.85. The molecule has 2 fully saturated rings. The third-order valence-corrected chi connectivity index (χ3v) is 6.12. The summed E-state index contributed by atoms with van der Waals surface area (Å²) in [5.74, 6) is 1.24. The van der Waals surface area contributed by atoms with Gasteiger partial charge in [-0.15, -0.1) is 0 Å². The van der Waals surface area contributed by atoms with Crippen LogP contribution in [-0.2, 0) is 4.79 Å². The number of benzene rings is 1. The molecule has 5 nitrogen and oxygen atoms in total. The van der Waals surface area contributed by atoms with E-state index in [4.69, 9.17) is 11.6 Å². The van der Waals surface area contributed by atoms with Crippen molar-refractivity contribution in [3.63, 3.8) is 0 Å². The zero-order valence-corrected chi connectivity index (χ0v) is 16.9. The second-order valence-corrected chi connectivity index (χ2v) is 8.26. The van der Waals surface area contributed by atoms with E-state index in [1.165, 1.54) is 12.8 Å². The molecule has 2 aliphatic rings.